The molecular formula is C20H18ClF2N5O2S. The van der Waals surface area contributed by atoms with Gasteiger partial charge in [-0.25, -0.2) is 36.5 Å². The lowest BCUT2D eigenvalue weighted by Gasteiger charge is -2.45. The van der Waals surface area contributed by atoms with Crippen LogP contribution in [0.5, 0.6) is 0 Å². The van der Waals surface area contributed by atoms with Gasteiger partial charge in [0.2, 0.25) is 16.0 Å². The van der Waals surface area contributed by atoms with E-state index in [-0.39, 0.29) is 27.9 Å². The topological polar surface area (TPSA) is 102 Å². The first-order chi connectivity index (χ1) is 14.4. The molecule has 0 saturated heterocycles. The van der Waals surface area contributed by atoms with Crippen molar-refractivity contribution in [2.75, 3.05) is 7.05 Å². The number of aromatic nitrogens is 2. The first kappa shape index (κ1) is 22.7. The van der Waals surface area contributed by atoms with Gasteiger partial charge in [-0.1, -0.05) is 23.6 Å². The van der Waals surface area contributed by atoms with Crippen molar-refractivity contribution in [2.24, 2.45) is 10.7 Å². The maximum atomic E-state index is 14.9. The monoisotopic (exact) mass is 465 g/mol. The number of benzene rings is 1. The summed E-state index contributed by atoms with van der Waals surface area (Å²) in [7, 11) is -2.88. The average molecular weight is 466 g/mol. The normalized spacial score (nSPS) is 22.5. The summed E-state index contributed by atoms with van der Waals surface area (Å²) in [5.74, 6) is 0.354. The highest BCUT2D eigenvalue weighted by atomic mass is 35.5. The molecule has 2 N–H and O–H groups in total. The number of nitrogens with two attached hydrogens (primary N) is 1. The van der Waals surface area contributed by atoms with Crippen molar-refractivity contribution < 1.29 is 17.2 Å². The van der Waals surface area contributed by atoms with Crippen molar-refractivity contribution in [1.82, 2.24) is 14.3 Å². The summed E-state index contributed by atoms with van der Waals surface area (Å²) in [6.45, 7) is 2.67. The molecule has 1 aromatic carbocycles. The summed E-state index contributed by atoms with van der Waals surface area (Å²) < 4.78 is 54.7. The number of nitrogens with zero attached hydrogens (tertiary/aromatic N) is 4. The van der Waals surface area contributed by atoms with Crippen LogP contribution in [0.15, 0.2) is 35.6 Å². The predicted molar refractivity (Wildman–Crippen MR) is 115 cm³/mol. The molecule has 1 aliphatic heterocycles. The quantitative estimate of drug-likeness (QED) is 0.702. The van der Waals surface area contributed by atoms with Gasteiger partial charge in [-0.15, -0.1) is 6.42 Å². The Balaban J connectivity index is 2.22. The number of halogens is 3. The molecule has 0 aliphatic carbocycles. The third kappa shape index (κ3) is 3.43. The van der Waals surface area contributed by atoms with Gasteiger partial charge in [-0.3, -0.25) is 0 Å². The van der Waals surface area contributed by atoms with Crippen LogP contribution < -0.4 is 5.73 Å². The molecule has 11 heteroatoms. The third-order valence-electron chi connectivity index (χ3n) is 5.23. The molecule has 0 bridgehead atoms. The van der Waals surface area contributed by atoms with Crippen LogP contribution >= 0.6 is 11.6 Å². The Hall–Kier alpha value is -3.03. The Morgan fingerprint density at radius 2 is 2.00 bits per heavy atom. The van der Waals surface area contributed by atoms with E-state index >= 15 is 0 Å². The zero-order chi connectivity index (χ0) is 23.2. The molecule has 0 unspecified atom stereocenters. The van der Waals surface area contributed by atoms with Crippen LogP contribution in [-0.2, 0) is 15.6 Å². The molecule has 162 valence electrons. The molecule has 0 saturated carbocycles. The maximum absolute atomic E-state index is 14.9. The molecule has 1 aromatic heterocycles. The first-order valence-electron chi connectivity index (χ1n) is 8.84. The smallest absolute Gasteiger partial charge is 0.246 e. The van der Waals surface area contributed by atoms with E-state index in [1.807, 2.05) is 0 Å². The summed E-state index contributed by atoms with van der Waals surface area (Å²) in [5.41, 5.74) is 3.68. The van der Waals surface area contributed by atoms with Crippen molar-refractivity contribution in [3.8, 4) is 12.3 Å². The van der Waals surface area contributed by atoms with E-state index < -0.39 is 32.0 Å². The Morgan fingerprint density at radius 1 is 1.32 bits per heavy atom. The summed E-state index contributed by atoms with van der Waals surface area (Å²) >= 11 is 5.65. The molecule has 31 heavy (non-hydrogen) atoms. The lowest BCUT2D eigenvalue weighted by atomic mass is 9.79. The molecule has 1 aliphatic rings. The van der Waals surface area contributed by atoms with Crippen LogP contribution in [0, 0.1) is 18.2 Å². The van der Waals surface area contributed by atoms with Crippen LogP contribution in [0.2, 0.25) is 5.15 Å². The molecule has 2 aromatic rings. The third-order valence-corrected chi connectivity index (χ3v) is 7.92. The van der Waals surface area contributed by atoms with E-state index in [9.17, 15) is 17.2 Å². The van der Waals surface area contributed by atoms with Gasteiger partial charge in [0.15, 0.2) is 11.4 Å². The number of hydrogen-bond donors (Lipinski definition) is 1. The number of terminal acetylenes is 1. The van der Waals surface area contributed by atoms with Crippen molar-refractivity contribution >= 4 is 39.5 Å². The van der Waals surface area contributed by atoms with Crippen LogP contribution in [0.4, 0.5) is 8.78 Å². The van der Waals surface area contributed by atoms with Gasteiger partial charge in [-0.2, -0.15) is 0 Å². The Morgan fingerprint density at radius 3 is 2.58 bits per heavy atom. The van der Waals surface area contributed by atoms with Gasteiger partial charge in [0.1, 0.15) is 21.4 Å². The van der Waals surface area contributed by atoms with E-state index in [0.29, 0.717) is 0 Å². The zero-order valence-electron chi connectivity index (χ0n) is 16.8. The lowest BCUT2D eigenvalue weighted by Crippen LogP contribution is -2.62. The molecule has 2 heterocycles. The Kier molecular flexibility index (Phi) is 5.54. The van der Waals surface area contributed by atoms with Crippen LogP contribution in [0.25, 0.3) is 11.9 Å². The summed E-state index contributed by atoms with van der Waals surface area (Å²) in [5, 5.41) is 0.0951. The second-order valence-corrected chi connectivity index (χ2v) is 10.2. The van der Waals surface area contributed by atoms with Gasteiger partial charge in [0.05, 0.1) is 12.4 Å². The molecule has 3 rings (SSSR count). The second-order valence-electron chi connectivity index (χ2n) is 7.26. The Bertz CT molecular complexity index is 1250. The number of sulfonamides is 1. The van der Waals surface area contributed by atoms with Crippen LogP contribution in [0.3, 0.4) is 0 Å². The highest BCUT2D eigenvalue weighted by Crippen LogP contribution is 2.46. The second kappa shape index (κ2) is 7.59. The minimum Gasteiger partial charge on any atom is -0.369 e. The van der Waals surface area contributed by atoms with Gasteiger partial charge < -0.3 is 5.73 Å². The van der Waals surface area contributed by atoms with Crippen molar-refractivity contribution in [3.63, 3.8) is 0 Å². The molecule has 0 fully saturated rings. The molecule has 0 amide bonds. The Labute approximate surface area is 183 Å². The fourth-order valence-electron chi connectivity index (χ4n) is 3.26. The summed E-state index contributed by atoms with van der Waals surface area (Å²) in [4.78, 5) is 11.8. The summed E-state index contributed by atoms with van der Waals surface area (Å²) in [6.07, 6.45) is 9.11. The molecule has 7 nitrogen and oxygen atoms in total. The van der Waals surface area contributed by atoms with E-state index in [1.54, 1.807) is 0 Å². The molecule has 1 atom stereocenters. The maximum Gasteiger partial charge on any atom is 0.246 e. The van der Waals surface area contributed by atoms with Gasteiger partial charge in [0.25, 0.3) is 0 Å². The standard InChI is InChI=1S/C20H18ClF2N5O2S/c1-5-20(19(2,3)31(29,30)28(4)18(24)27-20)13-8-12(6-7-14(13)22)9-15(23)16-10-26-17(21)11-25-16/h1,6-11H,2-4H3,(H2,24,27)/b15-9-/t20-/m1/s1. The minimum atomic E-state index is -4.11. The SMILES string of the molecule is C#C[C@]1(c2cc(/C=C(\F)c3cnc(Cl)cn3)ccc2F)N=C(N)N(C)S(=O)(=O)C1(C)C. The van der Waals surface area contributed by atoms with E-state index in [0.717, 1.165) is 22.6 Å². The van der Waals surface area contributed by atoms with E-state index in [4.69, 9.17) is 23.8 Å². The van der Waals surface area contributed by atoms with Gasteiger partial charge in [-0.05, 0) is 37.6 Å². The lowest BCUT2D eigenvalue weighted by molar-refractivity contribution is 0.373. The van der Waals surface area contributed by atoms with E-state index in [1.165, 1.54) is 39.2 Å². The van der Waals surface area contributed by atoms with E-state index in [2.05, 4.69) is 20.9 Å². The highest BCUT2D eigenvalue weighted by Gasteiger charge is 2.60. The molecular weight excluding hydrogens is 448 g/mol. The largest absolute Gasteiger partial charge is 0.369 e. The number of rotatable bonds is 3. The van der Waals surface area contributed by atoms with Crippen molar-refractivity contribution in [3.05, 3.63) is 58.4 Å². The number of guanidine groups is 1. The molecule has 0 radical (unpaired) electrons. The molecule has 0 spiro atoms. The summed E-state index contributed by atoms with van der Waals surface area (Å²) in [6, 6.07) is 3.58. The van der Waals surface area contributed by atoms with Crippen molar-refractivity contribution in [2.45, 2.75) is 24.1 Å². The van der Waals surface area contributed by atoms with Crippen LogP contribution in [-0.4, -0.2) is 40.4 Å². The highest BCUT2D eigenvalue weighted by molar-refractivity contribution is 7.91. The predicted octanol–water partition coefficient (Wildman–Crippen LogP) is 2.93. The average Bonchev–Trinajstić information content (AvgIpc) is 2.72. The minimum absolute atomic E-state index is 0.0913. The van der Waals surface area contributed by atoms with Gasteiger partial charge in [0, 0.05) is 12.6 Å². The van der Waals surface area contributed by atoms with Gasteiger partial charge >= 0.3 is 0 Å². The number of hydrogen-bond acceptors (Lipinski definition) is 6. The van der Waals surface area contributed by atoms with Crippen LogP contribution in [0.1, 0.15) is 30.7 Å². The fourth-order valence-corrected chi connectivity index (χ4v) is 4.92. The zero-order valence-corrected chi connectivity index (χ0v) is 18.3. The van der Waals surface area contributed by atoms with Crippen molar-refractivity contribution in [1.29, 1.82) is 0 Å². The number of aliphatic imine (C=N–C) groups is 1. The fraction of sp³-hybridized carbons (Fsp3) is 0.250. The first-order valence-corrected chi connectivity index (χ1v) is 10.7.